The van der Waals surface area contributed by atoms with Crippen LogP contribution >= 0.6 is 11.3 Å². The van der Waals surface area contributed by atoms with Crippen LogP contribution in [-0.4, -0.2) is 28.4 Å². The molecule has 0 fully saturated rings. The Labute approximate surface area is 80.4 Å². The summed E-state index contributed by atoms with van der Waals surface area (Å²) in [6.07, 6.45) is -3.15. The van der Waals surface area contributed by atoms with Crippen molar-refractivity contribution in [3.63, 3.8) is 0 Å². The van der Waals surface area contributed by atoms with Crippen molar-refractivity contribution >= 4 is 28.3 Å². The number of hydrogen-bond acceptors (Lipinski definition) is 4. The van der Waals surface area contributed by atoms with Crippen molar-refractivity contribution < 1.29 is 23.5 Å². The van der Waals surface area contributed by atoms with Gasteiger partial charge in [-0.1, -0.05) is 0 Å². The van der Waals surface area contributed by atoms with Crippen LogP contribution in [0.25, 0.3) is 0 Å². The summed E-state index contributed by atoms with van der Waals surface area (Å²) in [5.74, 6) is -2.78. The van der Waals surface area contributed by atoms with Gasteiger partial charge in [-0.2, -0.15) is 8.78 Å². The molecule has 8 heteroatoms. The van der Waals surface area contributed by atoms with E-state index in [4.69, 9.17) is 5.11 Å². The fourth-order valence-corrected chi connectivity index (χ4v) is 1.28. The third kappa shape index (κ3) is 2.46. The van der Waals surface area contributed by atoms with E-state index in [1.807, 2.05) is 0 Å². The number of halogens is 2. The highest BCUT2D eigenvalue weighted by Gasteiger charge is 2.17. The van der Waals surface area contributed by atoms with Crippen molar-refractivity contribution in [3.8, 4) is 0 Å². The summed E-state index contributed by atoms with van der Waals surface area (Å²) >= 11 is 0.766. The van der Waals surface area contributed by atoms with Gasteiger partial charge in [0.25, 0.3) is 5.91 Å². The van der Waals surface area contributed by atoms with E-state index in [2.05, 4.69) is 4.98 Å². The Kier molecular flexibility index (Phi) is 3.07. The van der Waals surface area contributed by atoms with Crippen LogP contribution in [0, 0.1) is 0 Å². The lowest BCUT2D eigenvalue weighted by Gasteiger charge is -1.97. The molecule has 0 saturated carbocycles. The van der Waals surface area contributed by atoms with Crippen LogP contribution in [0.5, 0.6) is 0 Å². The highest BCUT2D eigenvalue weighted by molar-refractivity contribution is 7.14. The number of amides is 1. The molecule has 1 amide bonds. The molecule has 2 N–H and O–H groups in total. The summed E-state index contributed by atoms with van der Waals surface area (Å²) in [6, 6.07) is 0. The molecule has 0 atom stereocenters. The molecule has 0 bridgehead atoms. The van der Waals surface area contributed by atoms with Gasteiger partial charge in [0.1, 0.15) is 0 Å². The fraction of sp³-hybridized carbons (Fsp3) is 0.167. The molecule has 76 valence electrons. The van der Waals surface area contributed by atoms with Gasteiger partial charge in [0.15, 0.2) is 10.8 Å². The van der Waals surface area contributed by atoms with E-state index in [-0.39, 0.29) is 10.8 Å². The van der Waals surface area contributed by atoms with E-state index in [0.717, 1.165) is 16.7 Å². The van der Waals surface area contributed by atoms with Crippen molar-refractivity contribution in [1.29, 1.82) is 0 Å². The summed E-state index contributed by atoms with van der Waals surface area (Å²) in [4.78, 5) is 24.2. The van der Waals surface area contributed by atoms with Crippen molar-refractivity contribution in [3.05, 3.63) is 11.1 Å². The van der Waals surface area contributed by atoms with Gasteiger partial charge in [-0.3, -0.25) is 10.1 Å². The van der Waals surface area contributed by atoms with E-state index >= 15 is 0 Å². The van der Waals surface area contributed by atoms with Crippen LogP contribution < -0.4 is 5.32 Å². The van der Waals surface area contributed by atoms with E-state index in [0.29, 0.717) is 0 Å². The van der Waals surface area contributed by atoms with Crippen LogP contribution in [-0.2, 0) is 4.79 Å². The zero-order chi connectivity index (χ0) is 10.7. The number of thiazole rings is 1. The van der Waals surface area contributed by atoms with Gasteiger partial charge in [-0.25, -0.2) is 9.78 Å². The third-order valence-corrected chi connectivity index (χ3v) is 1.91. The Morgan fingerprint density at radius 1 is 1.57 bits per heavy atom. The minimum atomic E-state index is -3.15. The normalized spacial score (nSPS) is 10.2. The first kappa shape index (κ1) is 10.5. The Balaban J connectivity index is 2.69. The number of aromatic nitrogens is 1. The first-order valence-electron chi connectivity index (χ1n) is 3.28. The standard InChI is InChI=1S/C6H4F2N2O3S/c7-3(8)4(11)10-6-9-2(1-14-6)5(12)13/h1,3H,(H,12,13)(H,9,10,11). The highest BCUT2D eigenvalue weighted by atomic mass is 32.1. The maximum atomic E-state index is 11.7. The topological polar surface area (TPSA) is 79.3 Å². The number of nitrogens with zero attached hydrogens (tertiary/aromatic N) is 1. The van der Waals surface area contributed by atoms with E-state index < -0.39 is 18.3 Å². The number of hydrogen-bond donors (Lipinski definition) is 2. The second kappa shape index (κ2) is 4.09. The van der Waals surface area contributed by atoms with E-state index in [1.54, 1.807) is 5.32 Å². The molecule has 0 radical (unpaired) electrons. The number of anilines is 1. The molecule has 0 unspecified atom stereocenters. The molecule has 1 aromatic heterocycles. The predicted molar refractivity (Wildman–Crippen MR) is 43.7 cm³/mol. The van der Waals surface area contributed by atoms with Gasteiger partial charge in [-0.05, 0) is 0 Å². The summed E-state index contributed by atoms with van der Waals surface area (Å²) in [7, 11) is 0. The average molecular weight is 222 g/mol. The van der Waals surface area contributed by atoms with Crippen molar-refractivity contribution in [2.45, 2.75) is 6.43 Å². The number of nitrogens with one attached hydrogen (secondary N) is 1. The Morgan fingerprint density at radius 2 is 2.21 bits per heavy atom. The van der Waals surface area contributed by atoms with Crippen LogP contribution in [0.2, 0.25) is 0 Å². The van der Waals surface area contributed by atoms with Crippen LogP contribution in [0.4, 0.5) is 13.9 Å². The van der Waals surface area contributed by atoms with Gasteiger partial charge < -0.3 is 5.11 Å². The Hall–Kier alpha value is -1.57. The van der Waals surface area contributed by atoms with Gasteiger partial charge in [0, 0.05) is 5.38 Å². The van der Waals surface area contributed by atoms with Crippen LogP contribution in [0.3, 0.4) is 0 Å². The third-order valence-electron chi connectivity index (χ3n) is 1.15. The Morgan fingerprint density at radius 3 is 2.64 bits per heavy atom. The van der Waals surface area contributed by atoms with Crippen molar-refractivity contribution in [2.24, 2.45) is 0 Å². The predicted octanol–water partition coefficient (Wildman–Crippen LogP) is 1.04. The molecule has 14 heavy (non-hydrogen) atoms. The smallest absolute Gasteiger partial charge is 0.355 e. The Bertz CT molecular complexity index is 366. The number of rotatable bonds is 3. The number of carbonyl (C=O) groups excluding carboxylic acids is 1. The number of alkyl halides is 2. The first-order valence-corrected chi connectivity index (χ1v) is 4.16. The summed E-state index contributed by atoms with van der Waals surface area (Å²) in [5.41, 5.74) is -0.292. The molecule has 0 aliphatic carbocycles. The maximum Gasteiger partial charge on any atom is 0.355 e. The van der Waals surface area contributed by atoms with Gasteiger partial charge in [-0.15, -0.1) is 11.3 Å². The number of carboxylic acid groups (broad SMARTS) is 1. The molecular formula is C6H4F2N2O3S. The van der Waals surface area contributed by atoms with Crippen LogP contribution in [0.1, 0.15) is 10.5 Å². The summed E-state index contributed by atoms with van der Waals surface area (Å²) in [6.45, 7) is 0. The molecule has 1 aromatic rings. The maximum absolute atomic E-state index is 11.7. The van der Waals surface area contributed by atoms with Gasteiger partial charge >= 0.3 is 12.4 Å². The van der Waals surface area contributed by atoms with Gasteiger partial charge in [0.05, 0.1) is 0 Å². The van der Waals surface area contributed by atoms with E-state index in [9.17, 15) is 18.4 Å². The number of carboxylic acids is 1. The van der Waals surface area contributed by atoms with E-state index in [1.165, 1.54) is 0 Å². The molecule has 1 heterocycles. The molecule has 5 nitrogen and oxygen atoms in total. The molecule has 0 aliphatic heterocycles. The molecule has 0 saturated heterocycles. The number of aromatic carboxylic acids is 1. The van der Waals surface area contributed by atoms with Crippen LogP contribution in [0.15, 0.2) is 5.38 Å². The monoisotopic (exact) mass is 222 g/mol. The second-order valence-corrected chi connectivity index (χ2v) is 2.99. The molecule has 0 aromatic carbocycles. The zero-order valence-corrected chi connectivity index (χ0v) is 7.35. The first-order chi connectivity index (χ1) is 6.50. The van der Waals surface area contributed by atoms with Gasteiger partial charge in [0.2, 0.25) is 0 Å². The minimum absolute atomic E-state index is 0.160. The molecule has 1 rings (SSSR count). The largest absolute Gasteiger partial charge is 0.476 e. The molecule has 0 aliphatic rings. The minimum Gasteiger partial charge on any atom is -0.476 e. The average Bonchev–Trinajstić information content (AvgIpc) is 2.52. The molecular weight excluding hydrogens is 218 g/mol. The lowest BCUT2D eigenvalue weighted by atomic mass is 10.5. The lowest BCUT2D eigenvalue weighted by molar-refractivity contribution is -0.126. The quantitative estimate of drug-likeness (QED) is 0.800. The highest BCUT2D eigenvalue weighted by Crippen LogP contribution is 2.15. The number of carbonyl (C=O) groups is 2. The molecule has 0 spiro atoms. The van der Waals surface area contributed by atoms with Crippen molar-refractivity contribution in [2.75, 3.05) is 5.32 Å². The fourth-order valence-electron chi connectivity index (χ4n) is 0.589. The lowest BCUT2D eigenvalue weighted by Crippen LogP contribution is -2.20. The summed E-state index contributed by atoms with van der Waals surface area (Å²) < 4.78 is 23.5. The summed E-state index contributed by atoms with van der Waals surface area (Å²) in [5, 5.41) is 11.2. The van der Waals surface area contributed by atoms with Crippen molar-refractivity contribution in [1.82, 2.24) is 4.98 Å². The SMILES string of the molecule is O=C(O)c1csc(NC(=O)C(F)F)n1. The zero-order valence-electron chi connectivity index (χ0n) is 6.53. The second-order valence-electron chi connectivity index (χ2n) is 2.13.